The van der Waals surface area contributed by atoms with E-state index in [0.29, 0.717) is 6.04 Å². The molecule has 0 amide bonds. The van der Waals surface area contributed by atoms with Crippen molar-refractivity contribution in [2.75, 3.05) is 14.2 Å². The highest BCUT2D eigenvalue weighted by atomic mass is 16.5. The standard InChI is InChI=1S/C13H22N2O/c1-6-11(14-4)7-12-10(3)13(16-5)9(2)8-15-12/h8,11,14H,6-7H2,1-5H3. The first-order valence-corrected chi connectivity index (χ1v) is 5.80. The van der Waals surface area contributed by atoms with Crippen molar-refractivity contribution in [3.63, 3.8) is 0 Å². The van der Waals surface area contributed by atoms with Crippen LogP contribution in [0, 0.1) is 13.8 Å². The summed E-state index contributed by atoms with van der Waals surface area (Å²) in [4.78, 5) is 4.50. The number of aryl methyl sites for hydroxylation is 1. The third kappa shape index (κ3) is 2.73. The van der Waals surface area contributed by atoms with Crippen LogP contribution in [0.5, 0.6) is 5.75 Å². The Morgan fingerprint density at radius 2 is 2.12 bits per heavy atom. The lowest BCUT2D eigenvalue weighted by molar-refractivity contribution is 0.406. The summed E-state index contributed by atoms with van der Waals surface area (Å²) < 4.78 is 5.40. The predicted octanol–water partition coefficient (Wildman–Crippen LogP) is 2.25. The average Bonchev–Trinajstić information content (AvgIpc) is 2.29. The van der Waals surface area contributed by atoms with Gasteiger partial charge >= 0.3 is 0 Å². The summed E-state index contributed by atoms with van der Waals surface area (Å²) in [6, 6.07) is 0.485. The number of ether oxygens (including phenoxy) is 1. The van der Waals surface area contributed by atoms with Gasteiger partial charge in [-0.2, -0.15) is 0 Å². The molecule has 1 atom stereocenters. The molecule has 1 heterocycles. The summed E-state index contributed by atoms with van der Waals surface area (Å²) in [6.07, 6.45) is 3.95. The van der Waals surface area contributed by atoms with Crippen molar-refractivity contribution >= 4 is 0 Å². The smallest absolute Gasteiger partial charge is 0.128 e. The zero-order chi connectivity index (χ0) is 12.1. The molecule has 90 valence electrons. The van der Waals surface area contributed by atoms with Crippen molar-refractivity contribution in [3.8, 4) is 5.75 Å². The van der Waals surface area contributed by atoms with E-state index in [2.05, 4.69) is 24.1 Å². The van der Waals surface area contributed by atoms with E-state index in [1.807, 2.05) is 20.2 Å². The molecular formula is C13H22N2O. The van der Waals surface area contributed by atoms with E-state index >= 15 is 0 Å². The fourth-order valence-electron chi connectivity index (χ4n) is 1.96. The van der Waals surface area contributed by atoms with Crippen molar-refractivity contribution in [2.24, 2.45) is 0 Å². The summed E-state index contributed by atoms with van der Waals surface area (Å²) in [5.74, 6) is 0.968. The predicted molar refractivity (Wildman–Crippen MR) is 67.1 cm³/mol. The fraction of sp³-hybridized carbons (Fsp3) is 0.615. The van der Waals surface area contributed by atoms with Gasteiger partial charge in [0.05, 0.1) is 7.11 Å². The van der Waals surface area contributed by atoms with Gasteiger partial charge in [-0.1, -0.05) is 6.92 Å². The van der Waals surface area contributed by atoms with Crippen LogP contribution in [0.2, 0.25) is 0 Å². The summed E-state index contributed by atoms with van der Waals surface area (Å²) in [6.45, 7) is 6.29. The first-order chi connectivity index (χ1) is 7.63. The second-order valence-corrected chi connectivity index (χ2v) is 4.14. The lowest BCUT2D eigenvalue weighted by atomic mass is 10.0. The molecule has 0 saturated heterocycles. The Morgan fingerprint density at radius 3 is 2.62 bits per heavy atom. The van der Waals surface area contributed by atoms with Crippen LogP contribution in [-0.4, -0.2) is 25.2 Å². The Morgan fingerprint density at radius 1 is 1.44 bits per heavy atom. The largest absolute Gasteiger partial charge is 0.496 e. The first kappa shape index (κ1) is 13.0. The lowest BCUT2D eigenvalue weighted by Crippen LogP contribution is -2.27. The Hall–Kier alpha value is -1.09. The molecule has 0 spiro atoms. The zero-order valence-electron chi connectivity index (χ0n) is 10.9. The summed E-state index contributed by atoms with van der Waals surface area (Å²) in [5, 5.41) is 3.30. The molecule has 0 aromatic carbocycles. The Kier molecular flexibility index (Phi) is 4.74. The van der Waals surface area contributed by atoms with Crippen LogP contribution in [0.1, 0.15) is 30.2 Å². The molecule has 1 N–H and O–H groups in total. The van der Waals surface area contributed by atoms with E-state index in [4.69, 9.17) is 4.74 Å². The number of nitrogens with zero attached hydrogens (tertiary/aromatic N) is 1. The van der Waals surface area contributed by atoms with Crippen LogP contribution in [-0.2, 0) is 6.42 Å². The first-order valence-electron chi connectivity index (χ1n) is 5.80. The Balaban J connectivity index is 2.97. The van der Waals surface area contributed by atoms with Crippen LogP contribution in [0.15, 0.2) is 6.20 Å². The van der Waals surface area contributed by atoms with Gasteiger partial charge in [-0.25, -0.2) is 0 Å². The number of hydrogen-bond donors (Lipinski definition) is 1. The van der Waals surface area contributed by atoms with E-state index in [1.54, 1.807) is 7.11 Å². The van der Waals surface area contributed by atoms with Gasteiger partial charge in [0.15, 0.2) is 0 Å². The maximum atomic E-state index is 5.40. The molecule has 3 nitrogen and oxygen atoms in total. The average molecular weight is 222 g/mol. The van der Waals surface area contributed by atoms with Gasteiger partial charge in [0, 0.05) is 35.5 Å². The van der Waals surface area contributed by atoms with E-state index in [1.165, 1.54) is 0 Å². The molecule has 0 bridgehead atoms. The van der Waals surface area contributed by atoms with Gasteiger partial charge in [0.2, 0.25) is 0 Å². The van der Waals surface area contributed by atoms with E-state index in [0.717, 1.165) is 35.4 Å². The highest BCUT2D eigenvalue weighted by molar-refractivity contribution is 5.41. The quantitative estimate of drug-likeness (QED) is 0.829. The van der Waals surface area contributed by atoms with Crippen LogP contribution in [0.3, 0.4) is 0 Å². The number of likely N-dealkylation sites (N-methyl/N-ethyl adjacent to an activating group) is 1. The molecule has 3 heteroatoms. The minimum absolute atomic E-state index is 0.485. The molecule has 1 aromatic rings. The third-order valence-corrected chi connectivity index (χ3v) is 3.09. The van der Waals surface area contributed by atoms with Crippen LogP contribution < -0.4 is 10.1 Å². The van der Waals surface area contributed by atoms with Gasteiger partial charge in [-0.3, -0.25) is 4.98 Å². The fourth-order valence-corrected chi connectivity index (χ4v) is 1.96. The van der Waals surface area contributed by atoms with Crippen LogP contribution in [0.4, 0.5) is 0 Å². The zero-order valence-corrected chi connectivity index (χ0v) is 10.9. The van der Waals surface area contributed by atoms with E-state index < -0.39 is 0 Å². The molecule has 0 saturated carbocycles. The number of nitrogens with one attached hydrogen (secondary N) is 1. The molecule has 0 aliphatic rings. The Bertz CT molecular complexity index is 346. The molecule has 0 radical (unpaired) electrons. The number of pyridine rings is 1. The topological polar surface area (TPSA) is 34.1 Å². The van der Waals surface area contributed by atoms with Crippen LogP contribution in [0.25, 0.3) is 0 Å². The molecule has 1 unspecified atom stereocenters. The van der Waals surface area contributed by atoms with Crippen molar-refractivity contribution in [1.29, 1.82) is 0 Å². The number of methoxy groups -OCH3 is 1. The van der Waals surface area contributed by atoms with Gasteiger partial charge in [0.1, 0.15) is 5.75 Å². The van der Waals surface area contributed by atoms with Gasteiger partial charge in [-0.15, -0.1) is 0 Å². The summed E-state index contributed by atoms with van der Waals surface area (Å²) in [7, 11) is 3.71. The minimum Gasteiger partial charge on any atom is -0.496 e. The van der Waals surface area contributed by atoms with Gasteiger partial charge in [-0.05, 0) is 27.3 Å². The second-order valence-electron chi connectivity index (χ2n) is 4.14. The van der Waals surface area contributed by atoms with Crippen molar-refractivity contribution in [1.82, 2.24) is 10.3 Å². The molecule has 1 aromatic heterocycles. The minimum atomic E-state index is 0.485. The van der Waals surface area contributed by atoms with Crippen molar-refractivity contribution in [2.45, 2.75) is 39.7 Å². The van der Waals surface area contributed by atoms with Crippen molar-refractivity contribution < 1.29 is 4.74 Å². The lowest BCUT2D eigenvalue weighted by Gasteiger charge is -2.17. The molecular weight excluding hydrogens is 200 g/mol. The SMILES string of the molecule is CCC(Cc1ncc(C)c(OC)c1C)NC. The number of rotatable bonds is 5. The van der Waals surface area contributed by atoms with E-state index in [-0.39, 0.29) is 0 Å². The maximum absolute atomic E-state index is 5.40. The van der Waals surface area contributed by atoms with Crippen molar-refractivity contribution in [3.05, 3.63) is 23.0 Å². The second kappa shape index (κ2) is 5.85. The van der Waals surface area contributed by atoms with Gasteiger partial charge < -0.3 is 10.1 Å². The maximum Gasteiger partial charge on any atom is 0.128 e. The monoisotopic (exact) mass is 222 g/mol. The normalized spacial score (nSPS) is 12.6. The number of aromatic nitrogens is 1. The van der Waals surface area contributed by atoms with Crippen LogP contribution >= 0.6 is 0 Å². The third-order valence-electron chi connectivity index (χ3n) is 3.09. The number of hydrogen-bond acceptors (Lipinski definition) is 3. The van der Waals surface area contributed by atoms with Gasteiger partial charge in [0.25, 0.3) is 0 Å². The van der Waals surface area contributed by atoms with E-state index in [9.17, 15) is 0 Å². The molecule has 0 aliphatic heterocycles. The highest BCUT2D eigenvalue weighted by Crippen LogP contribution is 2.24. The molecule has 0 aliphatic carbocycles. The Labute approximate surface area is 98.2 Å². The highest BCUT2D eigenvalue weighted by Gasteiger charge is 2.12. The summed E-state index contributed by atoms with van der Waals surface area (Å²) in [5.41, 5.74) is 3.39. The summed E-state index contributed by atoms with van der Waals surface area (Å²) >= 11 is 0. The molecule has 1 rings (SSSR count). The molecule has 16 heavy (non-hydrogen) atoms. The molecule has 0 fully saturated rings.